The van der Waals surface area contributed by atoms with Gasteiger partial charge in [-0.2, -0.15) is 5.10 Å². The molecular weight excluding hydrogens is 478 g/mol. The van der Waals surface area contributed by atoms with E-state index in [1.165, 1.54) is 12.1 Å². The Morgan fingerprint density at radius 2 is 2.00 bits per heavy atom. The Kier molecular flexibility index (Phi) is 7.79. The molecule has 0 saturated carbocycles. The fourth-order valence-corrected chi connectivity index (χ4v) is 4.39. The molecule has 186 valence electrons. The number of hydrogen-bond acceptors (Lipinski definition) is 8. The van der Waals surface area contributed by atoms with E-state index in [4.69, 9.17) is 20.8 Å². The second-order valence-electron chi connectivity index (χ2n) is 8.34. The number of hydrazone groups is 1. The summed E-state index contributed by atoms with van der Waals surface area (Å²) in [5.41, 5.74) is 4.14. The number of nitro benzene ring substituents is 1. The number of benzene rings is 1. The van der Waals surface area contributed by atoms with Crippen molar-refractivity contribution in [2.24, 2.45) is 5.10 Å². The van der Waals surface area contributed by atoms with E-state index in [-0.39, 0.29) is 27.9 Å². The Hall–Kier alpha value is -3.28. The van der Waals surface area contributed by atoms with Gasteiger partial charge in [-0.1, -0.05) is 11.6 Å². The molecule has 4 rings (SSSR count). The molecule has 1 saturated heterocycles. The minimum absolute atomic E-state index is 0.0560. The number of furan rings is 1. The highest BCUT2D eigenvalue weighted by molar-refractivity contribution is 6.32. The van der Waals surface area contributed by atoms with Gasteiger partial charge in [-0.15, -0.1) is 0 Å². The summed E-state index contributed by atoms with van der Waals surface area (Å²) in [6.45, 7) is 6.11. The maximum absolute atomic E-state index is 12.8. The van der Waals surface area contributed by atoms with Gasteiger partial charge < -0.3 is 14.5 Å². The molecule has 0 bridgehead atoms. The quantitative estimate of drug-likeness (QED) is 0.437. The van der Waals surface area contributed by atoms with Gasteiger partial charge >= 0.3 is 0 Å². The summed E-state index contributed by atoms with van der Waals surface area (Å²) in [4.78, 5) is 38.0. The van der Waals surface area contributed by atoms with Gasteiger partial charge in [0.25, 0.3) is 17.5 Å². The number of amides is 2. The highest BCUT2D eigenvalue weighted by Crippen LogP contribution is 2.30. The van der Waals surface area contributed by atoms with Crippen molar-refractivity contribution >= 4 is 34.8 Å². The van der Waals surface area contributed by atoms with Crippen molar-refractivity contribution in [3.8, 4) is 0 Å². The number of carbonyl (C=O) groups is 2. The number of carbonyl (C=O) groups excluding carboxylic acids is 2. The topological polar surface area (TPSA) is 139 Å². The standard InChI is InChI=1S/C23H26ClN5O6/c1-14-20-17(26-27-22(30)15-5-6-16(24)18(13-15)29(32)33)3-2-4-19(20)35-21(14)23(31)25-7-8-28-9-11-34-12-10-28/h5-6,13H,2-4,7-12H2,1H3,(H,25,31)(H,27,30)/b26-17+. The third-order valence-electron chi connectivity index (χ3n) is 6.05. The molecule has 35 heavy (non-hydrogen) atoms. The molecular formula is C23H26ClN5O6. The molecule has 2 heterocycles. The van der Waals surface area contributed by atoms with Gasteiger partial charge in [0.2, 0.25) is 0 Å². The van der Waals surface area contributed by atoms with Crippen molar-refractivity contribution in [2.45, 2.75) is 26.2 Å². The summed E-state index contributed by atoms with van der Waals surface area (Å²) in [5, 5.41) is 18.2. The molecule has 0 radical (unpaired) electrons. The number of nitrogens with one attached hydrogen (secondary N) is 2. The summed E-state index contributed by atoms with van der Waals surface area (Å²) in [6.07, 6.45) is 2.00. The summed E-state index contributed by atoms with van der Waals surface area (Å²) < 4.78 is 11.2. The van der Waals surface area contributed by atoms with Crippen LogP contribution in [0.25, 0.3) is 0 Å². The Morgan fingerprint density at radius 1 is 1.23 bits per heavy atom. The number of nitro groups is 1. The summed E-state index contributed by atoms with van der Waals surface area (Å²) in [6, 6.07) is 3.79. The van der Waals surface area contributed by atoms with Gasteiger partial charge in [0.05, 0.1) is 23.8 Å². The van der Waals surface area contributed by atoms with Gasteiger partial charge in [-0.3, -0.25) is 24.6 Å². The van der Waals surface area contributed by atoms with Crippen LogP contribution in [0.1, 0.15) is 50.6 Å². The molecule has 2 aromatic rings. The predicted octanol–water partition coefficient (Wildman–Crippen LogP) is 2.68. The zero-order valence-electron chi connectivity index (χ0n) is 19.3. The van der Waals surface area contributed by atoms with Crippen molar-refractivity contribution in [1.82, 2.24) is 15.6 Å². The van der Waals surface area contributed by atoms with Gasteiger partial charge in [0.1, 0.15) is 10.8 Å². The molecule has 0 atom stereocenters. The molecule has 12 heteroatoms. The Morgan fingerprint density at radius 3 is 2.74 bits per heavy atom. The smallest absolute Gasteiger partial charge is 0.288 e. The maximum atomic E-state index is 12.8. The molecule has 1 aliphatic heterocycles. The van der Waals surface area contributed by atoms with Crippen LogP contribution in [0.4, 0.5) is 5.69 Å². The number of rotatable bonds is 7. The van der Waals surface area contributed by atoms with E-state index in [1.54, 1.807) is 6.92 Å². The van der Waals surface area contributed by atoms with Crippen LogP contribution in [0.5, 0.6) is 0 Å². The third kappa shape index (κ3) is 5.69. The van der Waals surface area contributed by atoms with Crippen LogP contribution in [0, 0.1) is 17.0 Å². The number of hydrogen-bond donors (Lipinski definition) is 2. The van der Waals surface area contributed by atoms with Crippen LogP contribution in [-0.2, 0) is 11.2 Å². The number of fused-ring (bicyclic) bond motifs is 1. The van der Waals surface area contributed by atoms with E-state index in [2.05, 4.69) is 20.7 Å². The highest BCUT2D eigenvalue weighted by atomic mass is 35.5. The van der Waals surface area contributed by atoms with Gasteiger partial charge in [0, 0.05) is 55.4 Å². The van der Waals surface area contributed by atoms with Crippen LogP contribution < -0.4 is 10.7 Å². The second kappa shape index (κ2) is 11.0. The van der Waals surface area contributed by atoms with Crippen molar-refractivity contribution in [3.05, 3.63) is 61.5 Å². The van der Waals surface area contributed by atoms with E-state index < -0.39 is 10.8 Å². The van der Waals surface area contributed by atoms with E-state index in [9.17, 15) is 19.7 Å². The first-order valence-corrected chi connectivity index (χ1v) is 11.7. The monoisotopic (exact) mass is 503 g/mol. The number of morpholine rings is 1. The lowest BCUT2D eigenvalue weighted by molar-refractivity contribution is -0.384. The molecule has 0 unspecified atom stereocenters. The summed E-state index contributed by atoms with van der Waals surface area (Å²) >= 11 is 5.82. The molecule has 2 amide bonds. The Labute approximate surface area is 206 Å². The lowest BCUT2D eigenvalue weighted by Gasteiger charge is -2.26. The van der Waals surface area contributed by atoms with E-state index in [1.807, 2.05) is 0 Å². The third-order valence-corrected chi connectivity index (χ3v) is 6.37. The number of halogens is 1. The lowest BCUT2D eigenvalue weighted by Crippen LogP contribution is -2.41. The molecule has 11 nitrogen and oxygen atoms in total. The Bertz CT molecular complexity index is 1170. The average molecular weight is 504 g/mol. The highest BCUT2D eigenvalue weighted by Gasteiger charge is 2.28. The molecule has 1 aromatic heterocycles. The fraction of sp³-hybridized carbons (Fsp3) is 0.435. The predicted molar refractivity (Wildman–Crippen MR) is 128 cm³/mol. The Balaban J connectivity index is 1.44. The largest absolute Gasteiger partial charge is 0.455 e. The molecule has 2 aliphatic rings. The zero-order valence-corrected chi connectivity index (χ0v) is 20.0. The van der Waals surface area contributed by atoms with Crippen molar-refractivity contribution in [3.63, 3.8) is 0 Å². The molecule has 1 fully saturated rings. The first kappa shape index (κ1) is 24.8. The molecule has 1 aromatic carbocycles. The zero-order chi connectivity index (χ0) is 24.9. The van der Waals surface area contributed by atoms with E-state index in [0.717, 1.165) is 37.7 Å². The van der Waals surface area contributed by atoms with Crippen molar-refractivity contribution < 1.29 is 23.7 Å². The number of nitrogens with zero attached hydrogens (tertiary/aromatic N) is 3. The van der Waals surface area contributed by atoms with Crippen LogP contribution in [0.3, 0.4) is 0 Å². The van der Waals surface area contributed by atoms with Crippen LogP contribution in [0.2, 0.25) is 5.02 Å². The normalized spacial score (nSPS) is 17.1. The fourth-order valence-electron chi connectivity index (χ4n) is 4.21. The lowest BCUT2D eigenvalue weighted by atomic mass is 9.93. The molecule has 0 spiro atoms. The molecule has 2 N–H and O–H groups in total. The minimum Gasteiger partial charge on any atom is -0.455 e. The number of ether oxygens (including phenoxy) is 1. The molecule has 1 aliphatic carbocycles. The average Bonchev–Trinajstić information content (AvgIpc) is 3.20. The first-order chi connectivity index (χ1) is 16.8. The first-order valence-electron chi connectivity index (χ1n) is 11.4. The van der Waals surface area contributed by atoms with Crippen LogP contribution >= 0.6 is 11.6 Å². The van der Waals surface area contributed by atoms with E-state index in [0.29, 0.717) is 49.6 Å². The van der Waals surface area contributed by atoms with Crippen molar-refractivity contribution in [1.29, 1.82) is 0 Å². The summed E-state index contributed by atoms with van der Waals surface area (Å²) in [5.74, 6) is 0.00192. The summed E-state index contributed by atoms with van der Waals surface area (Å²) in [7, 11) is 0. The van der Waals surface area contributed by atoms with Crippen molar-refractivity contribution in [2.75, 3.05) is 39.4 Å². The van der Waals surface area contributed by atoms with E-state index >= 15 is 0 Å². The van der Waals surface area contributed by atoms with Crippen LogP contribution in [0.15, 0.2) is 27.7 Å². The van der Waals surface area contributed by atoms with Crippen LogP contribution in [-0.4, -0.2) is 66.7 Å². The second-order valence-corrected chi connectivity index (χ2v) is 8.75. The maximum Gasteiger partial charge on any atom is 0.288 e. The van der Waals surface area contributed by atoms with Gasteiger partial charge in [0.15, 0.2) is 5.76 Å². The minimum atomic E-state index is -0.652. The van der Waals surface area contributed by atoms with Gasteiger partial charge in [-0.05, 0) is 31.9 Å². The number of aryl methyl sites for hydroxylation is 1. The van der Waals surface area contributed by atoms with Gasteiger partial charge in [-0.25, -0.2) is 5.43 Å². The SMILES string of the molecule is Cc1c(C(=O)NCCN2CCOCC2)oc2c1/C(=N/NC(=O)c1ccc(Cl)c([N+](=O)[O-])c1)CCC2.